The number of anilines is 2. The van der Waals surface area contributed by atoms with Gasteiger partial charge in [0.1, 0.15) is 0 Å². The molecule has 0 atom stereocenters. The molecule has 1 N–H and O–H groups in total. The molecule has 3 aromatic rings. The summed E-state index contributed by atoms with van der Waals surface area (Å²) in [5.74, 6) is -1.50. The van der Waals surface area contributed by atoms with Gasteiger partial charge in [0.05, 0.1) is 16.8 Å². The summed E-state index contributed by atoms with van der Waals surface area (Å²) < 4.78 is 1.49. The van der Waals surface area contributed by atoms with Gasteiger partial charge in [-0.05, 0) is 67.8 Å². The van der Waals surface area contributed by atoms with E-state index in [9.17, 15) is 19.5 Å². The molecule has 1 aromatic heterocycles. The fraction of sp³-hybridized carbons (Fsp3) is 0.214. The Hall–Kier alpha value is -4.46. The summed E-state index contributed by atoms with van der Waals surface area (Å²) in [5.41, 5.74) is 4.14. The zero-order valence-corrected chi connectivity index (χ0v) is 20.9. The SMILES string of the molecule is CCn1c2c(c(C)/c(=C(C)/C=C/c3ccc(N(C)C)cc3)c1=O)C(=O)N(c1cccc(C(=O)O)c1)N=2. The van der Waals surface area contributed by atoms with Crippen molar-refractivity contribution in [3.05, 3.63) is 97.9 Å². The molecule has 0 saturated heterocycles. The quantitative estimate of drug-likeness (QED) is 0.580. The molecule has 0 spiro atoms. The Morgan fingerprint density at radius 3 is 2.42 bits per heavy atom. The molecule has 1 amide bonds. The van der Waals surface area contributed by atoms with Crippen molar-refractivity contribution in [2.45, 2.75) is 27.3 Å². The number of carboxylic acid groups (broad SMARTS) is 1. The van der Waals surface area contributed by atoms with Gasteiger partial charge < -0.3 is 10.0 Å². The minimum atomic E-state index is -1.10. The fourth-order valence-corrected chi connectivity index (χ4v) is 4.32. The van der Waals surface area contributed by atoms with Crippen molar-refractivity contribution in [2.24, 2.45) is 5.10 Å². The van der Waals surface area contributed by atoms with Gasteiger partial charge in [-0.1, -0.05) is 30.4 Å². The molecule has 0 aliphatic carbocycles. The third-order valence-electron chi connectivity index (χ3n) is 6.27. The van der Waals surface area contributed by atoms with E-state index >= 15 is 0 Å². The number of carbonyl (C=O) groups excluding carboxylic acids is 1. The third-order valence-corrected chi connectivity index (χ3v) is 6.27. The molecule has 2 heterocycles. The Kier molecular flexibility index (Phi) is 6.61. The molecule has 0 saturated carbocycles. The Labute approximate surface area is 208 Å². The number of benzene rings is 2. The molecule has 1 aliphatic rings. The topological polar surface area (TPSA) is 95.2 Å². The number of hydrogen-bond donors (Lipinski definition) is 1. The maximum atomic E-state index is 13.5. The zero-order valence-electron chi connectivity index (χ0n) is 20.9. The summed E-state index contributed by atoms with van der Waals surface area (Å²) in [6.45, 7) is 5.76. The molecule has 0 bridgehead atoms. The second-order valence-electron chi connectivity index (χ2n) is 8.82. The van der Waals surface area contributed by atoms with Crippen LogP contribution in [0.3, 0.4) is 0 Å². The molecule has 8 heteroatoms. The minimum Gasteiger partial charge on any atom is -0.478 e. The number of aromatic nitrogens is 1. The highest BCUT2D eigenvalue weighted by Crippen LogP contribution is 2.22. The number of nitrogens with zero attached hydrogens (tertiary/aromatic N) is 4. The van der Waals surface area contributed by atoms with E-state index < -0.39 is 11.9 Å². The molecule has 0 radical (unpaired) electrons. The number of rotatable bonds is 6. The Bertz CT molecular complexity index is 1580. The maximum absolute atomic E-state index is 13.5. The van der Waals surface area contributed by atoms with Crippen molar-refractivity contribution in [3.8, 4) is 0 Å². The van der Waals surface area contributed by atoms with Gasteiger partial charge in [-0.25, -0.2) is 4.79 Å². The lowest BCUT2D eigenvalue weighted by Gasteiger charge is -2.12. The van der Waals surface area contributed by atoms with Crippen molar-refractivity contribution in [1.82, 2.24) is 4.57 Å². The number of amides is 1. The molecule has 2 aromatic carbocycles. The van der Waals surface area contributed by atoms with Gasteiger partial charge in [0.15, 0.2) is 5.49 Å². The van der Waals surface area contributed by atoms with Crippen LogP contribution in [0.5, 0.6) is 0 Å². The molecular formula is C28H28N4O4. The summed E-state index contributed by atoms with van der Waals surface area (Å²) in [6, 6.07) is 14.1. The number of pyridine rings is 1. The standard InChI is InChI=1S/C28H28N4O4/c1-6-31-25-24(27(34)32(29-25)22-9-7-8-20(16-22)28(35)36)18(3)23(26(31)33)17(2)10-11-19-12-14-21(15-13-19)30(4)5/h7-16H,6H2,1-5H3,(H,35,36)/b11-10+,23-17-. The summed E-state index contributed by atoms with van der Waals surface area (Å²) in [4.78, 5) is 40.4. The first kappa shape index (κ1) is 24.7. The number of carboxylic acids is 1. The summed E-state index contributed by atoms with van der Waals surface area (Å²) in [5, 5.41) is 15.4. The second-order valence-corrected chi connectivity index (χ2v) is 8.82. The van der Waals surface area contributed by atoms with Crippen LogP contribution in [-0.2, 0) is 6.54 Å². The van der Waals surface area contributed by atoms with E-state index in [2.05, 4.69) is 5.10 Å². The van der Waals surface area contributed by atoms with Crippen molar-refractivity contribution in [3.63, 3.8) is 0 Å². The summed E-state index contributed by atoms with van der Waals surface area (Å²) in [6.07, 6.45) is 3.82. The zero-order chi connectivity index (χ0) is 26.1. The van der Waals surface area contributed by atoms with Crippen LogP contribution in [0.25, 0.3) is 11.6 Å². The third kappa shape index (κ3) is 4.33. The van der Waals surface area contributed by atoms with E-state index in [0.717, 1.165) is 21.8 Å². The normalized spacial score (nSPS) is 13.6. The van der Waals surface area contributed by atoms with Gasteiger partial charge in [0, 0.05) is 31.5 Å². The van der Waals surface area contributed by atoms with Gasteiger partial charge in [-0.2, -0.15) is 5.01 Å². The number of allylic oxidation sites excluding steroid dienone is 1. The molecule has 0 fully saturated rings. The average Bonchev–Trinajstić information content (AvgIpc) is 3.20. The lowest BCUT2D eigenvalue weighted by Crippen LogP contribution is -2.46. The number of fused-ring (bicyclic) bond motifs is 1. The first-order valence-electron chi connectivity index (χ1n) is 11.6. The monoisotopic (exact) mass is 484 g/mol. The van der Waals surface area contributed by atoms with Gasteiger partial charge in [-0.15, -0.1) is 5.10 Å². The molecule has 36 heavy (non-hydrogen) atoms. The highest BCUT2D eigenvalue weighted by atomic mass is 16.4. The van der Waals surface area contributed by atoms with Gasteiger partial charge >= 0.3 is 5.97 Å². The molecular weight excluding hydrogens is 456 g/mol. The predicted molar refractivity (Wildman–Crippen MR) is 141 cm³/mol. The summed E-state index contributed by atoms with van der Waals surface area (Å²) in [7, 11) is 3.96. The van der Waals surface area contributed by atoms with Crippen LogP contribution >= 0.6 is 0 Å². The molecule has 4 rings (SSSR count). The van der Waals surface area contributed by atoms with E-state index in [1.807, 2.05) is 69.3 Å². The van der Waals surface area contributed by atoms with Crippen molar-refractivity contribution < 1.29 is 14.7 Å². The Morgan fingerprint density at radius 2 is 1.81 bits per heavy atom. The number of carbonyl (C=O) groups is 2. The van der Waals surface area contributed by atoms with Gasteiger partial charge in [-0.3, -0.25) is 14.2 Å². The van der Waals surface area contributed by atoms with Crippen LogP contribution in [0.2, 0.25) is 0 Å². The fourth-order valence-electron chi connectivity index (χ4n) is 4.32. The smallest absolute Gasteiger partial charge is 0.335 e. The lowest BCUT2D eigenvalue weighted by atomic mass is 10.0. The average molecular weight is 485 g/mol. The summed E-state index contributed by atoms with van der Waals surface area (Å²) >= 11 is 0. The van der Waals surface area contributed by atoms with Crippen molar-refractivity contribution >= 4 is 34.9 Å². The van der Waals surface area contributed by atoms with E-state index in [-0.39, 0.29) is 16.6 Å². The molecule has 8 nitrogen and oxygen atoms in total. The van der Waals surface area contributed by atoms with Gasteiger partial charge in [0.2, 0.25) is 0 Å². The van der Waals surface area contributed by atoms with Gasteiger partial charge in [0.25, 0.3) is 11.5 Å². The Morgan fingerprint density at radius 1 is 1.11 bits per heavy atom. The lowest BCUT2D eigenvalue weighted by molar-refractivity contribution is 0.0696. The van der Waals surface area contributed by atoms with Crippen LogP contribution in [0.1, 0.15) is 45.7 Å². The molecule has 184 valence electrons. The number of hydrogen-bond acceptors (Lipinski definition) is 5. The maximum Gasteiger partial charge on any atom is 0.335 e. The highest BCUT2D eigenvalue weighted by molar-refractivity contribution is 6.08. The van der Waals surface area contributed by atoms with Crippen LogP contribution in [0.4, 0.5) is 11.4 Å². The van der Waals surface area contributed by atoms with E-state index in [4.69, 9.17) is 0 Å². The first-order chi connectivity index (χ1) is 17.1. The first-order valence-corrected chi connectivity index (χ1v) is 11.6. The minimum absolute atomic E-state index is 0.0460. The molecule has 0 unspecified atom stereocenters. The van der Waals surface area contributed by atoms with E-state index in [1.54, 1.807) is 19.1 Å². The Balaban J connectivity index is 1.83. The second kappa shape index (κ2) is 9.65. The van der Waals surface area contributed by atoms with E-state index in [1.165, 1.54) is 16.7 Å². The number of aromatic carboxylic acids is 1. The van der Waals surface area contributed by atoms with Crippen LogP contribution < -0.4 is 26.2 Å². The largest absolute Gasteiger partial charge is 0.478 e. The van der Waals surface area contributed by atoms with Crippen LogP contribution in [0.15, 0.2) is 64.5 Å². The molecule has 1 aliphatic heterocycles. The van der Waals surface area contributed by atoms with Crippen LogP contribution in [-0.4, -0.2) is 35.6 Å². The van der Waals surface area contributed by atoms with E-state index in [0.29, 0.717) is 28.6 Å². The predicted octanol–water partition coefficient (Wildman–Crippen LogP) is 3.02. The van der Waals surface area contributed by atoms with Crippen molar-refractivity contribution in [2.75, 3.05) is 24.0 Å². The highest BCUT2D eigenvalue weighted by Gasteiger charge is 2.30. The van der Waals surface area contributed by atoms with Crippen molar-refractivity contribution in [1.29, 1.82) is 0 Å². The van der Waals surface area contributed by atoms with Crippen LogP contribution in [0, 0.1) is 6.92 Å².